The summed E-state index contributed by atoms with van der Waals surface area (Å²) in [5.41, 5.74) is 2.02. The summed E-state index contributed by atoms with van der Waals surface area (Å²) in [5, 5.41) is 0.714. The van der Waals surface area contributed by atoms with Crippen molar-refractivity contribution in [1.29, 1.82) is 0 Å². The Kier molecular flexibility index (Phi) is 5.40. The summed E-state index contributed by atoms with van der Waals surface area (Å²) in [7, 11) is -3.36. The SMILES string of the molecule is CS(=O)(=O)c1cccc(-c2ccc(-n3ccnc3-c3cccc(Cl)c3Cl)c(F)c2)c1. The summed E-state index contributed by atoms with van der Waals surface area (Å²) in [4.78, 5) is 4.49. The van der Waals surface area contributed by atoms with Crippen molar-refractivity contribution in [1.82, 2.24) is 9.55 Å². The molecule has 3 aromatic carbocycles. The lowest BCUT2D eigenvalue weighted by Crippen LogP contribution is -2.00. The Morgan fingerprint density at radius 1 is 0.967 bits per heavy atom. The van der Waals surface area contributed by atoms with Crippen molar-refractivity contribution in [3.8, 4) is 28.2 Å². The second kappa shape index (κ2) is 7.87. The van der Waals surface area contributed by atoms with Crippen LogP contribution in [-0.4, -0.2) is 24.2 Å². The molecule has 0 saturated carbocycles. The summed E-state index contributed by atoms with van der Waals surface area (Å²) in [6.07, 6.45) is 4.32. The lowest BCUT2D eigenvalue weighted by Gasteiger charge is -2.12. The minimum Gasteiger partial charge on any atom is -0.297 e. The number of aromatic nitrogens is 2. The molecule has 152 valence electrons. The number of sulfone groups is 1. The molecular formula is C22H15Cl2FN2O2S. The van der Waals surface area contributed by atoms with Gasteiger partial charge < -0.3 is 0 Å². The first kappa shape index (κ1) is 20.6. The van der Waals surface area contributed by atoms with E-state index in [-0.39, 0.29) is 10.6 Å². The molecule has 0 atom stereocenters. The summed E-state index contributed by atoms with van der Waals surface area (Å²) < 4.78 is 40.3. The Bertz CT molecular complexity index is 1370. The molecule has 0 spiro atoms. The second-order valence-electron chi connectivity index (χ2n) is 6.69. The van der Waals surface area contributed by atoms with E-state index in [0.29, 0.717) is 32.6 Å². The van der Waals surface area contributed by atoms with E-state index in [2.05, 4.69) is 4.98 Å². The van der Waals surface area contributed by atoms with Gasteiger partial charge in [0.05, 0.1) is 20.6 Å². The number of benzene rings is 3. The van der Waals surface area contributed by atoms with E-state index in [1.54, 1.807) is 59.4 Å². The van der Waals surface area contributed by atoms with E-state index in [1.165, 1.54) is 18.2 Å². The van der Waals surface area contributed by atoms with Crippen molar-refractivity contribution in [2.24, 2.45) is 0 Å². The molecule has 0 aliphatic rings. The molecule has 0 fully saturated rings. The van der Waals surface area contributed by atoms with Gasteiger partial charge in [0.15, 0.2) is 9.84 Å². The molecule has 30 heavy (non-hydrogen) atoms. The highest BCUT2D eigenvalue weighted by atomic mass is 35.5. The lowest BCUT2D eigenvalue weighted by atomic mass is 10.0. The van der Waals surface area contributed by atoms with E-state index in [0.717, 1.165) is 6.26 Å². The number of halogens is 3. The van der Waals surface area contributed by atoms with Gasteiger partial charge in [-0.05, 0) is 47.5 Å². The minimum atomic E-state index is -3.36. The van der Waals surface area contributed by atoms with Gasteiger partial charge in [0.1, 0.15) is 11.6 Å². The predicted molar refractivity (Wildman–Crippen MR) is 118 cm³/mol. The van der Waals surface area contributed by atoms with Crippen molar-refractivity contribution in [2.75, 3.05) is 6.26 Å². The number of hydrogen-bond donors (Lipinski definition) is 0. The molecule has 0 bridgehead atoms. The number of hydrogen-bond acceptors (Lipinski definition) is 3. The highest BCUT2D eigenvalue weighted by molar-refractivity contribution is 7.90. The molecule has 0 radical (unpaired) electrons. The Labute approximate surface area is 183 Å². The minimum absolute atomic E-state index is 0.178. The molecule has 4 aromatic rings. The first-order chi connectivity index (χ1) is 14.3. The van der Waals surface area contributed by atoms with Crippen LogP contribution in [0.5, 0.6) is 0 Å². The average molecular weight is 461 g/mol. The zero-order valence-electron chi connectivity index (χ0n) is 15.7. The topological polar surface area (TPSA) is 52.0 Å². The molecule has 0 aliphatic heterocycles. The molecule has 0 unspecified atom stereocenters. The van der Waals surface area contributed by atoms with E-state index >= 15 is 4.39 Å². The zero-order valence-corrected chi connectivity index (χ0v) is 18.0. The molecular weight excluding hydrogens is 446 g/mol. The first-order valence-corrected chi connectivity index (χ1v) is 11.5. The summed E-state index contributed by atoms with van der Waals surface area (Å²) in [6, 6.07) is 16.3. The molecule has 4 rings (SSSR count). The van der Waals surface area contributed by atoms with Crippen molar-refractivity contribution in [3.63, 3.8) is 0 Å². The average Bonchev–Trinajstić information content (AvgIpc) is 3.18. The number of nitrogens with zero attached hydrogens (tertiary/aromatic N) is 2. The van der Waals surface area contributed by atoms with Gasteiger partial charge in [0.25, 0.3) is 0 Å². The van der Waals surface area contributed by atoms with Gasteiger partial charge >= 0.3 is 0 Å². The van der Waals surface area contributed by atoms with Crippen LogP contribution in [0.4, 0.5) is 4.39 Å². The molecule has 4 nitrogen and oxygen atoms in total. The van der Waals surface area contributed by atoms with Crippen LogP contribution in [0.15, 0.2) is 78.0 Å². The van der Waals surface area contributed by atoms with Crippen molar-refractivity contribution in [2.45, 2.75) is 4.90 Å². The van der Waals surface area contributed by atoms with Gasteiger partial charge in [-0.3, -0.25) is 4.57 Å². The van der Waals surface area contributed by atoms with E-state index in [1.807, 2.05) is 0 Å². The van der Waals surface area contributed by atoms with Gasteiger partial charge in [-0.1, -0.05) is 47.5 Å². The normalized spacial score (nSPS) is 11.6. The molecule has 8 heteroatoms. The third kappa shape index (κ3) is 3.86. The zero-order chi connectivity index (χ0) is 21.5. The molecule has 1 heterocycles. The Morgan fingerprint density at radius 2 is 1.70 bits per heavy atom. The van der Waals surface area contributed by atoms with E-state index in [4.69, 9.17) is 23.2 Å². The van der Waals surface area contributed by atoms with Crippen LogP contribution in [0.25, 0.3) is 28.2 Å². The highest BCUT2D eigenvalue weighted by Gasteiger charge is 2.16. The van der Waals surface area contributed by atoms with Gasteiger partial charge in [-0.2, -0.15) is 0 Å². The highest BCUT2D eigenvalue weighted by Crippen LogP contribution is 2.34. The monoisotopic (exact) mass is 460 g/mol. The third-order valence-corrected chi connectivity index (χ3v) is 6.57. The predicted octanol–water partition coefficient (Wildman–Crippen LogP) is 6.06. The molecule has 0 amide bonds. The van der Waals surface area contributed by atoms with Gasteiger partial charge in [0, 0.05) is 24.2 Å². The third-order valence-electron chi connectivity index (χ3n) is 4.64. The van der Waals surface area contributed by atoms with Gasteiger partial charge in [-0.25, -0.2) is 17.8 Å². The summed E-state index contributed by atoms with van der Waals surface area (Å²) in [5.74, 6) is -0.0390. The quantitative estimate of drug-likeness (QED) is 0.372. The maximum atomic E-state index is 15.1. The van der Waals surface area contributed by atoms with E-state index < -0.39 is 15.7 Å². The van der Waals surface area contributed by atoms with Crippen molar-refractivity contribution >= 4 is 33.0 Å². The van der Waals surface area contributed by atoms with Crippen LogP contribution in [0.3, 0.4) is 0 Å². The maximum absolute atomic E-state index is 15.1. The number of imidazole rings is 1. The van der Waals surface area contributed by atoms with Crippen molar-refractivity contribution < 1.29 is 12.8 Å². The Hall–Kier alpha value is -2.67. The smallest absolute Gasteiger partial charge is 0.175 e. The molecule has 1 aromatic heterocycles. The fraction of sp³-hybridized carbons (Fsp3) is 0.0455. The van der Waals surface area contributed by atoms with Crippen molar-refractivity contribution in [3.05, 3.63) is 88.9 Å². The van der Waals surface area contributed by atoms with E-state index in [9.17, 15) is 8.42 Å². The van der Waals surface area contributed by atoms with Gasteiger partial charge in [-0.15, -0.1) is 0 Å². The Balaban J connectivity index is 1.78. The molecule has 0 saturated heterocycles. The fourth-order valence-electron chi connectivity index (χ4n) is 3.16. The first-order valence-electron chi connectivity index (χ1n) is 8.84. The number of rotatable bonds is 4. The van der Waals surface area contributed by atoms with Gasteiger partial charge in [0.2, 0.25) is 0 Å². The van der Waals surface area contributed by atoms with Crippen LogP contribution < -0.4 is 0 Å². The van der Waals surface area contributed by atoms with Crippen LogP contribution in [0, 0.1) is 5.82 Å². The molecule has 0 N–H and O–H groups in total. The van der Waals surface area contributed by atoms with Crippen LogP contribution in [0.1, 0.15) is 0 Å². The maximum Gasteiger partial charge on any atom is 0.175 e. The van der Waals surface area contributed by atoms with Crippen LogP contribution in [-0.2, 0) is 9.84 Å². The second-order valence-corrected chi connectivity index (χ2v) is 9.49. The van der Waals surface area contributed by atoms with Crippen LogP contribution >= 0.6 is 23.2 Å². The summed E-state index contributed by atoms with van der Waals surface area (Å²) in [6.45, 7) is 0. The molecule has 0 aliphatic carbocycles. The largest absolute Gasteiger partial charge is 0.297 e. The summed E-state index contributed by atoms with van der Waals surface area (Å²) >= 11 is 12.4. The fourth-order valence-corrected chi connectivity index (χ4v) is 4.21. The Morgan fingerprint density at radius 3 is 2.43 bits per heavy atom. The van der Waals surface area contributed by atoms with Crippen LogP contribution in [0.2, 0.25) is 10.0 Å². The lowest BCUT2D eigenvalue weighted by molar-refractivity contribution is 0.602. The standard InChI is InChI=1S/C22H15Cl2FN2O2S/c1-30(28,29)16-5-2-4-14(12-16)15-8-9-20(19(25)13-15)27-11-10-26-22(27)17-6-3-7-18(23)21(17)24/h2-13H,1H3.